The van der Waals surface area contributed by atoms with E-state index in [1.807, 2.05) is 0 Å². The Morgan fingerprint density at radius 2 is 2.43 bits per heavy atom. The van der Waals surface area contributed by atoms with Gasteiger partial charge in [0.25, 0.3) is 0 Å². The standard InChI is InChI=1S/C4H10N2O/c1-6-4(7)2-3-5/h2-4,6-7H,5H2,1H3/b3-2-. The zero-order valence-corrected chi connectivity index (χ0v) is 4.26. The Labute approximate surface area is 42.8 Å². The highest BCUT2D eigenvalue weighted by atomic mass is 16.3. The predicted molar refractivity (Wildman–Crippen MR) is 28.4 cm³/mol. The summed E-state index contributed by atoms with van der Waals surface area (Å²) >= 11 is 0. The van der Waals surface area contributed by atoms with Gasteiger partial charge in [-0.05, 0) is 19.3 Å². The summed E-state index contributed by atoms with van der Waals surface area (Å²) in [6.07, 6.45) is 2.13. The van der Waals surface area contributed by atoms with Crippen molar-refractivity contribution in [3.05, 3.63) is 12.3 Å². The largest absolute Gasteiger partial charge is 0.405 e. The molecule has 3 heteroatoms. The van der Waals surface area contributed by atoms with E-state index in [2.05, 4.69) is 5.32 Å². The number of aliphatic hydroxyl groups excluding tert-OH is 1. The molecular weight excluding hydrogens is 92.1 g/mol. The maximum Gasteiger partial charge on any atom is 0.125 e. The molecule has 0 aliphatic heterocycles. The van der Waals surface area contributed by atoms with Gasteiger partial charge in [0.05, 0.1) is 0 Å². The van der Waals surface area contributed by atoms with E-state index < -0.39 is 6.23 Å². The molecule has 0 bridgehead atoms. The SMILES string of the molecule is CNC(O)/C=C\N. The van der Waals surface area contributed by atoms with Gasteiger partial charge in [-0.2, -0.15) is 0 Å². The van der Waals surface area contributed by atoms with Crippen molar-refractivity contribution >= 4 is 0 Å². The van der Waals surface area contributed by atoms with Crippen LogP contribution < -0.4 is 11.1 Å². The molecule has 0 saturated heterocycles. The van der Waals surface area contributed by atoms with E-state index in [-0.39, 0.29) is 0 Å². The van der Waals surface area contributed by atoms with Crippen LogP contribution in [0, 0.1) is 0 Å². The van der Waals surface area contributed by atoms with Crippen LogP contribution in [0.25, 0.3) is 0 Å². The third-order valence-electron chi connectivity index (χ3n) is 0.589. The fourth-order valence-corrected chi connectivity index (χ4v) is 0.201. The number of rotatable bonds is 2. The molecule has 0 aromatic heterocycles. The first-order valence-corrected chi connectivity index (χ1v) is 2.05. The van der Waals surface area contributed by atoms with Crippen molar-refractivity contribution in [1.29, 1.82) is 0 Å². The average Bonchev–Trinajstić information content (AvgIpc) is 1.68. The van der Waals surface area contributed by atoms with Gasteiger partial charge in [-0.1, -0.05) is 0 Å². The van der Waals surface area contributed by atoms with Crippen LogP contribution in [0.3, 0.4) is 0 Å². The highest BCUT2D eigenvalue weighted by Gasteiger charge is 1.85. The van der Waals surface area contributed by atoms with Gasteiger partial charge in [0.1, 0.15) is 6.23 Å². The third kappa shape index (κ3) is 3.29. The Morgan fingerprint density at radius 3 is 2.57 bits per heavy atom. The monoisotopic (exact) mass is 102 g/mol. The minimum atomic E-state index is -0.606. The maximum atomic E-state index is 8.58. The summed E-state index contributed by atoms with van der Waals surface area (Å²) in [7, 11) is 1.64. The van der Waals surface area contributed by atoms with Crippen molar-refractivity contribution < 1.29 is 5.11 Å². The highest BCUT2D eigenvalue weighted by Crippen LogP contribution is 1.71. The van der Waals surface area contributed by atoms with Gasteiger partial charge in [0.15, 0.2) is 0 Å². The van der Waals surface area contributed by atoms with Crippen molar-refractivity contribution in [3.8, 4) is 0 Å². The molecule has 0 rings (SSSR count). The number of aliphatic hydroxyl groups is 1. The lowest BCUT2D eigenvalue weighted by molar-refractivity contribution is 0.195. The van der Waals surface area contributed by atoms with E-state index >= 15 is 0 Å². The summed E-state index contributed by atoms with van der Waals surface area (Å²) in [5.74, 6) is 0. The van der Waals surface area contributed by atoms with Gasteiger partial charge in [-0.3, -0.25) is 5.32 Å². The fraction of sp³-hybridized carbons (Fsp3) is 0.500. The number of hydrogen-bond donors (Lipinski definition) is 3. The first kappa shape index (κ1) is 6.46. The molecule has 0 saturated carbocycles. The zero-order chi connectivity index (χ0) is 5.70. The molecule has 1 atom stereocenters. The van der Waals surface area contributed by atoms with Crippen LogP contribution in [-0.2, 0) is 0 Å². The first-order chi connectivity index (χ1) is 3.31. The van der Waals surface area contributed by atoms with Crippen LogP contribution in [0.15, 0.2) is 12.3 Å². The van der Waals surface area contributed by atoms with Crippen molar-refractivity contribution in [2.24, 2.45) is 5.73 Å². The second-order valence-electron chi connectivity index (χ2n) is 1.12. The Bertz CT molecular complexity index is 62.7. The minimum absolute atomic E-state index is 0.606. The molecule has 3 nitrogen and oxygen atoms in total. The summed E-state index contributed by atoms with van der Waals surface area (Å²) in [6.45, 7) is 0. The molecule has 0 fully saturated rings. The number of nitrogens with two attached hydrogens (primary N) is 1. The minimum Gasteiger partial charge on any atom is -0.405 e. The van der Waals surface area contributed by atoms with Crippen LogP contribution in [-0.4, -0.2) is 18.4 Å². The first-order valence-electron chi connectivity index (χ1n) is 2.05. The molecule has 7 heavy (non-hydrogen) atoms. The molecule has 0 heterocycles. The van der Waals surface area contributed by atoms with Crippen molar-refractivity contribution in [2.45, 2.75) is 6.23 Å². The Kier molecular flexibility index (Phi) is 3.36. The fourth-order valence-electron chi connectivity index (χ4n) is 0.201. The smallest absolute Gasteiger partial charge is 0.125 e. The van der Waals surface area contributed by atoms with E-state index in [0.29, 0.717) is 0 Å². The lowest BCUT2D eigenvalue weighted by Crippen LogP contribution is -2.21. The molecule has 42 valence electrons. The van der Waals surface area contributed by atoms with E-state index in [1.165, 1.54) is 12.3 Å². The van der Waals surface area contributed by atoms with Crippen molar-refractivity contribution in [2.75, 3.05) is 7.05 Å². The normalized spacial score (nSPS) is 15.1. The topological polar surface area (TPSA) is 58.3 Å². The molecule has 1 unspecified atom stereocenters. The third-order valence-corrected chi connectivity index (χ3v) is 0.589. The number of nitrogens with one attached hydrogen (secondary N) is 1. The number of hydrogen-bond acceptors (Lipinski definition) is 3. The lowest BCUT2D eigenvalue weighted by atomic mass is 10.5. The molecular formula is C4H10N2O. The van der Waals surface area contributed by atoms with Gasteiger partial charge in [-0.25, -0.2) is 0 Å². The predicted octanol–water partition coefficient (Wildman–Crippen LogP) is -1.00. The molecule has 0 amide bonds. The summed E-state index contributed by atoms with van der Waals surface area (Å²) < 4.78 is 0. The summed E-state index contributed by atoms with van der Waals surface area (Å²) in [5.41, 5.74) is 4.92. The van der Waals surface area contributed by atoms with Crippen molar-refractivity contribution in [1.82, 2.24) is 5.32 Å². The van der Waals surface area contributed by atoms with E-state index in [9.17, 15) is 0 Å². The van der Waals surface area contributed by atoms with Gasteiger partial charge in [0, 0.05) is 0 Å². The van der Waals surface area contributed by atoms with E-state index in [1.54, 1.807) is 7.05 Å². The molecule has 0 radical (unpaired) electrons. The summed E-state index contributed by atoms with van der Waals surface area (Å²) in [4.78, 5) is 0. The molecule has 0 aliphatic carbocycles. The average molecular weight is 102 g/mol. The Hall–Kier alpha value is -0.540. The van der Waals surface area contributed by atoms with E-state index in [0.717, 1.165) is 0 Å². The van der Waals surface area contributed by atoms with E-state index in [4.69, 9.17) is 10.8 Å². The number of likely N-dealkylation sites (N-methyl/N-ethyl adjacent to an activating group) is 1. The zero-order valence-electron chi connectivity index (χ0n) is 4.26. The lowest BCUT2D eigenvalue weighted by Gasteiger charge is -1.98. The van der Waals surface area contributed by atoms with Crippen LogP contribution in [0.1, 0.15) is 0 Å². The second kappa shape index (κ2) is 3.64. The van der Waals surface area contributed by atoms with Crippen LogP contribution in [0.5, 0.6) is 0 Å². The van der Waals surface area contributed by atoms with Crippen LogP contribution in [0.2, 0.25) is 0 Å². The molecule has 0 aromatic carbocycles. The molecule has 4 N–H and O–H groups in total. The molecule has 0 aliphatic rings. The Balaban J connectivity index is 3.16. The Morgan fingerprint density at radius 1 is 1.86 bits per heavy atom. The van der Waals surface area contributed by atoms with Crippen LogP contribution >= 0.6 is 0 Å². The molecule has 0 spiro atoms. The quantitative estimate of drug-likeness (QED) is 0.392. The van der Waals surface area contributed by atoms with Gasteiger partial charge in [-0.15, -0.1) is 0 Å². The van der Waals surface area contributed by atoms with Gasteiger partial charge in [0.2, 0.25) is 0 Å². The summed E-state index contributed by atoms with van der Waals surface area (Å²) in [5, 5.41) is 11.1. The second-order valence-corrected chi connectivity index (χ2v) is 1.12. The molecule has 0 aromatic rings. The van der Waals surface area contributed by atoms with Crippen molar-refractivity contribution in [3.63, 3.8) is 0 Å². The summed E-state index contributed by atoms with van der Waals surface area (Å²) in [6, 6.07) is 0. The van der Waals surface area contributed by atoms with Gasteiger partial charge >= 0.3 is 0 Å². The maximum absolute atomic E-state index is 8.58. The van der Waals surface area contributed by atoms with Gasteiger partial charge < -0.3 is 10.8 Å². The highest BCUT2D eigenvalue weighted by molar-refractivity contribution is 4.81. The van der Waals surface area contributed by atoms with Crippen LogP contribution in [0.4, 0.5) is 0 Å².